The SMILES string of the molecule is CC(=O)NCc1ccc(C(=O)C(C)OC(=O)CN2C(=O)c3ccccc3C2=O)s1. The van der Waals surface area contributed by atoms with Crippen LogP contribution in [0.2, 0.25) is 0 Å². The van der Waals surface area contributed by atoms with Crippen LogP contribution in [0.1, 0.15) is 49.1 Å². The van der Waals surface area contributed by atoms with Gasteiger partial charge >= 0.3 is 5.97 Å². The van der Waals surface area contributed by atoms with Gasteiger partial charge in [0.2, 0.25) is 11.7 Å². The molecule has 9 heteroatoms. The van der Waals surface area contributed by atoms with E-state index in [9.17, 15) is 24.0 Å². The molecule has 0 aliphatic carbocycles. The van der Waals surface area contributed by atoms with Crippen molar-refractivity contribution in [1.29, 1.82) is 0 Å². The standard InChI is InChI=1S/C20H18N2O6S/c1-11(18(25)16-8-7-13(29-16)9-21-12(2)23)28-17(24)10-22-19(26)14-5-3-4-6-15(14)20(22)27/h3-8,11H,9-10H2,1-2H3,(H,21,23). The number of imide groups is 1. The average Bonchev–Trinajstić information content (AvgIpc) is 3.25. The molecule has 2 heterocycles. The monoisotopic (exact) mass is 414 g/mol. The van der Waals surface area contributed by atoms with Gasteiger partial charge in [0.25, 0.3) is 11.8 Å². The van der Waals surface area contributed by atoms with E-state index in [1.54, 1.807) is 24.3 Å². The van der Waals surface area contributed by atoms with Crippen molar-refractivity contribution in [3.05, 3.63) is 57.3 Å². The molecule has 1 aliphatic rings. The van der Waals surface area contributed by atoms with Crippen molar-refractivity contribution in [3.8, 4) is 0 Å². The highest BCUT2D eigenvalue weighted by molar-refractivity contribution is 7.14. The van der Waals surface area contributed by atoms with E-state index in [0.29, 0.717) is 11.4 Å². The van der Waals surface area contributed by atoms with E-state index in [2.05, 4.69) is 5.32 Å². The van der Waals surface area contributed by atoms with Crippen molar-refractivity contribution in [2.45, 2.75) is 26.5 Å². The first-order valence-electron chi connectivity index (χ1n) is 8.80. The lowest BCUT2D eigenvalue weighted by atomic mass is 10.1. The molecule has 0 spiro atoms. The third kappa shape index (κ3) is 4.40. The first-order chi connectivity index (χ1) is 13.8. The molecule has 1 N–H and O–H groups in total. The highest BCUT2D eigenvalue weighted by Gasteiger charge is 2.37. The quantitative estimate of drug-likeness (QED) is 0.420. The molecule has 0 saturated carbocycles. The Kier molecular flexibility index (Phi) is 5.88. The maximum absolute atomic E-state index is 12.5. The number of esters is 1. The number of amides is 3. The summed E-state index contributed by atoms with van der Waals surface area (Å²) in [6.45, 7) is 2.56. The van der Waals surface area contributed by atoms with Crippen LogP contribution in [0.3, 0.4) is 0 Å². The number of benzene rings is 1. The van der Waals surface area contributed by atoms with E-state index < -0.39 is 36.2 Å². The Bertz CT molecular complexity index is 977. The summed E-state index contributed by atoms with van der Waals surface area (Å²) in [6, 6.07) is 9.60. The molecule has 1 aromatic carbocycles. The highest BCUT2D eigenvalue weighted by Crippen LogP contribution is 2.23. The van der Waals surface area contributed by atoms with Gasteiger partial charge in [-0.1, -0.05) is 12.1 Å². The molecule has 3 amide bonds. The number of carbonyl (C=O) groups is 5. The largest absolute Gasteiger partial charge is 0.453 e. The summed E-state index contributed by atoms with van der Waals surface area (Å²) in [5.74, 6) is -2.57. The molecule has 3 rings (SSSR count). The number of hydrogen-bond donors (Lipinski definition) is 1. The fourth-order valence-corrected chi connectivity index (χ4v) is 3.78. The Morgan fingerprint density at radius 3 is 2.28 bits per heavy atom. The molecule has 1 aliphatic heterocycles. The Balaban J connectivity index is 1.58. The normalized spacial score (nSPS) is 13.8. The zero-order valence-electron chi connectivity index (χ0n) is 15.8. The number of rotatable bonds is 7. The van der Waals surface area contributed by atoms with Crippen LogP contribution in [0, 0.1) is 0 Å². The number of nitrogens with one attached hydrogen (secondary N) is 1. The molecule has 2 aromatic rings. The van der Waals surface area contributed by atoms with Crippen LogP contribution < -0.4 is 5.32 Å². The lowest BCUT2D eigenvalue weighted by Crippen LogP contribution is -2.37. The molecule has 1 atom stereocenters. The summed E-state index contributed by atoms with van der Waals surface area (Å²) in [6.07, 6.45) is -1.08. The number of Topliss-reactive ketones (excluding diaryl/α,β-unsaturated/α-hetero) is 1. The van der Waals surface area contributed by atoms with E-state index in [-0.39, 0.29) is 17.0 Å². The van der Waals surface area contributed by atoms with Crippen LogP contribution in [0.4, 0.5) is 0 Å². The lowest BCUT2D eigenvalue weighted by Gasteiger charge is -2.15. The summed E-state index contributed by atoms with van der Waals surface area (Å²) in [5, 5.41) is 2.64. The van der Waals surface area contributed by atoms with Crippen LogP contribution >= 0.6 is 11.3 Å². The number of hydrogen-bond acceptors (Lipinski definition) is 7. The summed E-state index contributed by atoms with van der Waals surface area (Å²) >= 11 is 1.19. The number of ketones is 1. The number of nitrogens with zero attached hydrogens (tertiary/aromatic N) is 1. The molecule has 1 aromatic heterocycles. The number of fused-ring (bicyclic) bond motifs is 1. The topological polar surface area (TPSA) is 110 Å². The van der Waals surface area contributed by atoms with Crippen molar-refractivity contribution in [2.75, 3.05) is 6.54 Å². The Morgan fingerprint density at radius 1 is 1.07 bits per heavy atom. The maximum Gasteiger partial charge on any atom is 0.326 e. The molecule has 150 valence electrons. The molecule has 1 unspecified atom stereocenters. The van der Waals surface area contributed by atoms with Gasteiger partial charge in [0.1, 0.15) is 6.54 Å². The Labute approximate surface area is 170 Å². The molecule has 0 saturated heterocycles. The smallest absolute Gasteiger partial charge is 0.326 e. The fourth-order valence-electron chi connectivity index (χ4n) is 2.82. The summed E-state index contributed by atoms with van der Waals surface area (Å²) < 4.78 is 5.13. The Hall–Kier alpha value is -3.33. The van der Waals surface area contributed by atoms with Crippen molar-refractivity contribution in [3.63, 3.8) is 0 Å². The third-order valence-corrected chi connectivity index (χ3v) is 5.36. The van der Waals surface area contributed by atoms with Gasteiger partial charge < -0.3 is 10.1 Å². The summed E-state index contributed by atoms with van der Waals surface area (Å²) in [5.41, 5.74) is 0.472. The van der Waals surface area contributed by atoms with Gasteiger partial charge in [-0.25, -0.2) is 0 Å². The van der Waals surface area contributed by atoms with Gasteiger partial charge in [0.05, 0.1) is 22.5 Å². The van der Waals surface area contributed by atoms with Crippen LogP contribution in [-0.4, -0.2) is 47.0 Å². The first kappa shape index (κ1) is 20.4. The highest BCUT2D eigenvalue weighted by atomic mass is 32.1. The number of carbonyl (C=O) groups excluding carboxylic acids is 5. The number of ether oxygens (including phenoxy) is 1. The second kappa shape index (κ2) is 8.36. The Morgan fingerprint density at radius 2 is 1.69 bits per heavy atom. The van der Waals surface area contributed by atoms with E-state index >= 15 is 0 Å². The lowest BCUT2D eigenvalue weighted by molar-refractivity contribution is -0.146. The van der Waals surface area contributed by atoms with Gasteiger partial charge in [-0.05, 0) is 31.2 Å². The molecule has 0 radical (unpaired) electrons. The van der Waals surface area contributed by atoms with E-state index in [0.717, 1.165) is 9.78 Å². The van der Waals surface area contributed by atoms with E-state index in [4.69, 9.17) is 4.74 Å². The zero-order valence-corrected chi connectivity index (χ0v) is 16.6. The molecule has 8 nitrogen and oxygen atoms in total. The summed E-state index contributed by atoms with van der Waals surface area (Å²) in [4.78, 5) is 62.2. The maximum atomic E-state index is 12.5. The third-order valence-electron chi connectivity index (χ3n) is 4.26. The van der Waals surface area contributed by atoms with Crippen molar-refractivity contribution in [2.24, 2.45) is 0 Å². The molecule has 0 fully saturated rings. The minimum atomic E-state index is -1.08. The predicted molar refractivity (Wildman–Crippen MR) is 104 cm³/mol. The van der Waals surface area contributed by atoms with E-state index in [1.165, 1.54) is 37.3 Å². The van der Waals surface area contributed by atoms with Crippen LogP contribution in [0.5, 0.6) is 0 Å². The van der Waals surface area contributed by atoms with Gasteiger partial charge in [-0.15, -0.1) is 11.3 Å². The van der Waals surface area contributed by atoms with Gasteiger partial charge in [-0.2, -0.15) is 0 Å². The minimum absolute atomic E-state index is 0.179. The zero-order chi connectivity index (χ0) is 21.1. The van der Waals surface area contributed by atoms with Crippen molar-refractivity contribution >= 4 is 40.8 Å². The fraction of sp³-hybridized carbons (Fsp3) is 0.250. The van der Waals surface area contributed by atoms with Gasteiger partial charge in [-0.3, -0.25) is 28.9 Å². The van der Waals surface area contributed by atoms with Crippen molar-refractivity contribution in [1.82, 2.24) is 10.2 Å². The van der Waals surface area contributed by atoms with Gasteiger partial charge in [0.15, 0.2) is 6.10 Å². The molecule has 29 heavy (non-hydrogen) atoms. The van der Waals surface area contributed by atoms with E-state index in [1.807, 2.05) is 0 Å². The van der Waals surface area contributed by atoms with Crippen molar-refractivity contribution < 1.29 is 28.7 Å². The second-order valence-electron chi connectivity index (χ2n) is 6.41. The molecule has 0 bridgehead atoms. The molecular formula is C20H18N2O6S. The average molecular weight is 414 g/mol. The first-order valence-corrected chi connectivity index (χ1v) is 9.61. The second-order valence-corrected chi connectivity index (χ2v) is 7.58. The van der Waals surface area contributed by atoms with Gasteiger partial charge in [0, 0.05) is 11.8 Å². The predicted octanol–water partition coefficient (Wildman–Crippen LogP) is 1.79. The number of thiophene rings is 1. The minimum Gasteiger partial charge on any atom is -0.453 e. The van der Waals surface area contributed by atoms with Crippen LogP contribution in [0.15, 0.2) is 36.4 Å². The van der Waals surface area contributed by atoms with Crippen LogP contribution in [-0.2, 0) is 20.9 Å². The summed E-state index contributed by atoms with van der Waals surface area (Å²) in [7, 11) is 0. The molecular weight excluding hydrogens is 396 g/mol. The van der Waals surface area contributed by atoms with Crippen LogP contribution in [0.25, 0.3) is 0 Å².